The predicted molar refractivity (Wildman–Crippen MR) is 73.2 cm³/mol. The van der Waals surface area contributed by atoms with Crippen molar-refractivity contribution in [3.8, 4) is 0 Å². The number of anilines is 1. The smallest absolute Gasteiger partial charge is 0.293 e. The number of nitro benzene ring substituents is 1. The SMILES string of the molecule is Cc1nc2cc(NCC(C)N)c([N+](=O)[O-])cc2s1. The standard InChI is InChI=1S/C11H14N4O2S/c1-6(12)5-13-8-3-9-11(18-7(2)14-9)4-10(8)15(16)17/h3-4,6,13H,5,12H2,1-2H3. The summed E-state index contributed by atoms with van der Waals surface area (Å²) in [5.74, 6) is 0. The zero-order valence-corrected chi connectivity index (χ0v) is 11.0. The lowest BCUT2D eigenvalue weighted by molar-refractivity contribution is -0.383. The summed E-state index contributed by atoms with van der Waals surface area (Å²) in [5, 5.41) is 14.9. The zero-order valence-electron chi connectivity index (χ0n) is 10.1. The molecular formula is C11H14N4O2S. The van der Waals surface area contributed by atoms with E-state index in [1.54, 1.807) is 12.1 Å². The van der Waals surface area contributed by atoms with Crippen molar-refractivity contribution in [1.29, 1.82) is 0 Å². The first-order chi connectivity index (χ1) is 8.47. The molecule has 0 fully saturated rings. The van der Waals surface area contributed by atoms with Crippen LogP contribution in [0.15, 0.2) is 12.1 Å². The number of nitrogens with one attached hydrogen (secondary N) is 1. The van der Waals surface area contributed by atoms with Gasteiger partial charge in [-0.2, -0.15) is 0 Å². The van der Waals surface area contributed by atoms with E-state index < -0.39 is 4.92 Å². The van der Waals surface area contributed by atoms with Crippen LogP contribution in [0.1, 0.15) is 11.9 Å². The van der Waals surface area contributed by atoms with E-state index in [2.05, 4.69) is 10.3 Å². The van der Waals surface area contributed by atoms with Gasteiger partial charge in [-0.25, -0.2) is 4.98 Å². The van der Waals surface area contributed by atoms with Crippen LogP contribution < -0.4 is 11.1 Å². The van der Waals surface area contributed by atoms with Crippen molar-refractivity contribution >= 4 is 32.9 Å². The summed E-state index contributed by atoms with van der Waals surface area (Å²) in [5.41, 5.74) is 6.94. The number of nitrogens with two attached hydrogens (primary N) is 1. The molecule has 0 radical (unpaired) electrons. The Hall–Kier alpha value is -1.73. The van der Waals surface area contributed by atoms with Crippen LogP contribution in [-0.2, 0) is 0 Å². The van der Waals surface area contributed by atoms with E-state index in [4.69, 9.17) is 5.73 Å². The molecule has 96 valence electrons. The van der Waals surface area contributed by atoms with E-state index in [9.17, 15) is 10.1 Å². The monoisotopic (exact) mass is 266 g/mol. The lowest BCUT2D eigenvalue weighted by Crippen LogP contribution is -2.25. The molecule has 6 nitrogen and oxygen atoms in total. The first kappa shape index (κ1) is 12.7. The largest absolute Gasteiger partial charge is 0.378 e. The third kappa shape index (κ3) is 2.57. The van der Waals surface area contributed by atoms with Gasteiger partial charge < -0.3 is 11.1 Å². The van der Waals surface area contributed by atoms with Gasteiger partial charge in [-0.05, 0) is 19.9 Å². The number of hydrogen-bond acceptors (Lipinski definition) is 6. The molecule has 1 aromatic heterocycles. The molecule has 0 saturated heterocycles. The summed E-state index contributed by atoms with van der Waals surface area (Å²) >= 11 is 1.45. The summed E-state index contributed by atoms with van der Waals surface area (Å²) in [4.78, 5) is 15.0. The summed E-state index contributed by atoms with van der Waals surface area (Å²) < 4.78 is 0.825. The number of nitrogens with zero attached hydrogens (tertiary/aromatic N) is 2. The maximum atomic E-state index is 11.0. The van der Waals surface area contributed by atoms with Gasteiger partial charge in [-0.1, -0.05) is 0 Å². The molecule has 0 aliphatic heterocycles. The summed E-state index contributed by atoms with van der Waals surface area (Å²) in [7, 11) is 0. The number of aryl methyl sites for hydroxylation is 1. The highest BCUT2D eigenvalue weighted by Gasteiger charge is 2.17. The van der Waals surface area contributed by atoms with Crippen LogP contribution >= 0.6 is 11.3 Å². The number of thiazole rings is 1. The van der Waals surface area contributed by atoms with Gasteiger partial charge in [0.05, 0.1) is 20.1 Å². The topological polar surface area (TPSA) is 94.1 Å². The van der Waals surface area contributed by atoms with Gasteiger partial charge in [-0.3, -0.25) is 10.1 Å². The van der Waals surface area contributed by atoms with Crippen LogP contribution in [0.4, 0.5) is 11.4 Å². The van der Waals surface area contributed by atoms with Gasteiger partial charge >= 0.3 is 0 Å². The molecular weight excluding hydrogens is 252 g/mol. The number of rotatable bonds is 4. The average Bonchev–Trinajstić information content (AvgIpc) is 2.63. The molecule has 0 spiro atoms. The van der Waals surface area contributed by atoms with E-state index in [0.29, 0.717) is 12.2 Å². The van der Waals surface area contributed by atoms with Gasteiger partial charge in [-0.15, -0.1) is 11.3 Å². The first-order valence-electron chi connectivity index (χ1n) is 5.52. The predicted octanol–water partition coefficient (Wildman–Crippen LogP) is 2.27. The van der Waals surface area contributed by atoms with Crippen LogP contribution in [0, 0.1) is 17.0 Å². The highest BCUT2D eigenvalue weighted by Crippen LogP contribution is 2.32. The van der Waals surface area contributed by atoms with E-state index in [-0.39, 0.29) is 11.7 Å². The lowest BCUT2D eigenvalue weighted by Gasteiger charge is -2.09. The Labute approximate surface area is 108 Å². The maximum absolute atomic E-state index is 11.0. The molecule has 0 aliphatic carbocycles. The Morgan fingerprint density at radius 3 is 2.94 bits per heavy atom. The lowest BCUT2D eigenvalue weighted by atomic mass is 10.2. The fourth-order valence-electron chi connectivity index (χ4n) is 1.64. The molecule has 3 N–H and O–H groups in total. The summed E-state index contributed by atoms with van der Waals surface area (Å²) in [6.45, 7) is 4.20. The number of benzene rings is 1. The van der Waals surface area contributed by atoms with Gasteiger partial charge in [0.15, 0.2) is 0 Å². The van der Waals surface area contributed by atoms with Crippen LogP contribution in [-0.4, -0.2) is 22.5 Å². The fourth-order valence-corrected chi connectivity index (χ4v) is 2.48. The van der Waals surface area contributed by atoms with Crippen molar-refractivity contribution in [2.24, 2.45) is 5.73 Å². The highest BCUT2D eigenvalue weighted by atomic mass is 32.1. The third-order valence-corrected chi connectivity index (χ3v) is 3.36. The minimum Gasteiger partial charge on any atom is -0.378 e. The number of nitro groups is 1. The molecule has 0 aliphatic rings. The van der Waals surface area contributed by atoms with Crippen molar-refractivity contribution in [3.63, 3.8) is 0 Å². The van der Waals surface area contributed by atoms with E-state index in [0.717, 1.165) is 15.2 Å². The molecule has 7 heteroatoms. The summed E-state index contributed by atoms with van der Waals surface area (Å²) in [6.07, 6.45) is 0. The second kappa shape index (κ2) is 4.87. The van der Waals surface area contributed by atoms with Crippen LogP contribution in [0.5, 0.6) is 0 Å². The van der Waals surface area contributed by atoms with Crippen molar-refractivity contribution < 1.29 is 4.92 Å². The van der Waals surface area contributed by atoms with Crippen molar-refractivity contribution in [2.45, 2.75) is 19.9 Å². The van der Waals surface area contributed by atoms with Gasteiger partial charge in [0.1, 0.15) is 5.69 Å². The molecule has 1 heterocycles. The molecule has 18 heavy (non-hydrogen) atoms. The fraction of sp³-hybridized carbons (Fsp3) is 0.364. The molecule has 0 bridgehead atoms. The quantitative estimate of drug-likeness (QED) is 0.654. The highest BCUT2D eigenvalue weighted by molar-refractivity contribution is 7.18. The van der Waals surface area contributed by atoms with Crippen molar-refractivity contribution in [1.82, 2.24) is 4.98 Å². The normalized spacial score (nSPS) is 12.6. The minimum atomic E-state index is -0.391. The summed E-state index contributed by atoms with van der Waals surface area (Å²) in [6, 6.07) is 3.19. The number of fused-ring (bicyclic) bond motifs is 1. The molecule has 2 aromatic rings. The Bertz CT molecular complexity index is 594. The second-order valence-electron chi connectivity index (χ2n) is 4.19. The van der Waals surface area contributed by atoms with Gasteiger partial charge in [0.25, 0.3) is 5.69 Å². The van der Waals surface area contributed by atoms with E-state index in [1.165, 1.54) is 11.3 Å². The maximum Gasteiger partial charge on any atom is 0.293 e. The number of hydrogen-bond donors (Lipinski definition) is 2. The van der Waals surface area contributed by atoms with Gasteiger partial charge in [0.2, 0.25) is 0 Å². The Morgan fingerprint density at radius 2 is 2.33 bits per heavy atom. The van der Waals surface area contributed by atoms with E-state index in [1.807, 2.05) is 13.8 Å². The van der Waals surface area contributed by atoms with Crippen LogP contribution in [0.25, 0.3) is 10.2 Å². The second-order valence-corrected chi connectivity index (χ2v) is 5.42. The van der Waals surface area contributed by atoms with E-state index >= 15 is 0 Å². The number of aromatic nitrogens is 1. The molecule has 1 atom stereocenters. The molecule has 2 rings (SSSR count). The van der Waals surface area contributed by atoms with Crippen molar-refractivity contribution in [3.05, 3.63) is 27.3 Å². The average molecular weight is 266 g/mol. The third-order valence-electron chi connectivity index (χ3n) is 2.42. The van der Waals surface area contributed by atoms with Crippen LogP contribution in [0.2, 0.25) is 0 Å². The molecule has 0 saturated carbocycles. The molecule has 0 amide bonds. The minimum absolute atomic E-state index is 0.0619. The zero-order chi connectivity index (χ0) is 13.3. The Kier molecular flexibility index (Phi) is 3.44. The molecule has 1 aromatic carbocycles. The van der Waals surface area contributed by atoms with Crippen molar-refractivity contribution in [2.75, 3.05) is 11.9 Å². The first-order valence-corrected chi connectivity index (χ1v) is 6.34. The molecule has 1 unspecified atom stereocenters. The van der Waals surface area contributed by atoms with Crippen LogP contribution in [0.3, 0.4) is 0 Å². The Morgan fingerprint density at radius 1 is 1.61 bits per heavy atom. The van der Waals surface area contributed by atoms with Gasteiger partial charge in [0, 0.05) is 18.7 Å². The Balaban J connectivity index is 2.47.